The largest absolute Gasteiger partial charge is 0.383 e. The summed E-state index contributed by atoms with van der Waals surface area (Å²) in [4.78, 5) is -0.262. The van der Waals surface area contributed by atoms with E-state index in [1.165, 1.54) is 6.07 Å². The van der Waals surface area contributed by atoms with Gasteiger partial charge in [0.2, 0.25) is 0 Å². The molecule has 96 valence electrons. The van der Waals surface area contributed by atoms with Gasteiger partial charge in [-0.25, -0.2) is 12.8 Å². The fraction of sp³-hybridized carbons (Fsp3) is 0. The molecule has 0 spiro atoms. The van der Waals surface area contributed by atoms with Gasteiger partial charge in [0.25, 0.3) is 10.0 Å². The maximum Gasteiger partial charge on any atom is 0.267 e. The average Bonchev–Trinajstić information content (AvgIpc) is 2.70. The molecule has 1 aromatic carbocycles. The summed E-state index contributed by atoms with van der Waals surface area (Å²) in [6.45, 7) is 0. The number of hydrogen-bond acceptors (Lipinski definition) is 4. The Labute approximate surface area is 107 Å². The van der Waals surface area contributed by atoms with Crippen LogP contribution in [0.3, 0.4) is 0 Å². The number of benzene rings is 1. The second-order valence-electron chi connectivity index (χ2n) is 3.38. The lowest BCUT2D eigenvalue weighted by atomic mass is 10.3. The van der Waals surface area contributed by atoms with Crippen LogP contribution >= 0.6 is 11.6 Å². The monoisotopic (exact) mass is 290 g/mol. The maximum absolute atomic E-state index is 13.4. The SMILES string of the molecule is Nc1[nH]ncc1S(=O)(=O)Nc1cc(Cl)ccc1F. The van der Waals surface area contributed by atoms with Crippen LogP contribution < -0.4 is 10.5 Å². The zero-order valence-electron chi connectivity index (χ0n) is 8.81. The van der Waals surface area contributed by atoms with E-state index in [1.807, 2.05) is 4.72 Å². The van der Waals surface area contributed by atoms with E-state index in [2.05, 4.69) is 10.2 Å². The van der Waals surface area contributed by atoms with Gasteiger partial charge < -0.3 is 5.73 Å². The van der Waals surface area contributed by atoms with Crippen LogP contribution in [-0.4, -0.2) is 18.6 Å². The minimum atomic E-state index is -4.01. The van der Waals surface area contributed by atoms with Crippen LogP contribution in [-0.2, 0) is 10.0 Å². The lowest BCUT2D eigenvalue weighted by Crippen LogP contribution is -2.14. The van der Waals surface area contributed by atoms with Gasteiger partial charge in [-0.05, 0) is 18.2 Å². The van der Waals surface area contributed by atoms with Crippen molar-refractivity contribution in [3.63, 3.8) is 0 Å². The molecule has 0 aliphatic carbocycles. The number of hydrogen-bond donors (Lipinski definition) is 3. The van der Waals surface area contributed by atoms with Gasteiger partial charge in [-0.2, -0.15) is 5.10 Å². The molecule has 1 heterocycles. The summed E-state index contributed by atoms with van der Waals surface area (Å²) in [7, 11) is -4.01. The molecule has 18 heavy (non-hydrogen) atoms. The third kappa shape index (κ3) is 2.39. The van der Waals surface area contributed by atoms with E-state index < -0.39 is 15.8 Å². The fourth-order valence-electron chi connectivity index (χ4n) is 1.27. The molecule has 0 radical (unpaired) electrons. The minimum absolute atomic E-state index is 0.134. The quantitative estimate of drug-likeness (QED) is 0.799. The zero-order chi connectivity index (χ0) is 13.3. The third-order valence-corrected chi connectivity index (χ3v) is 3.72. The molecule has 0 atom stereocenters. The molecule has 0 fully saturated rings. The molecular formula is C9H8ClFN4O2S. The Morgan fingerprint density at radius 1 is 1.44 bits per heavy atom. The van der Waals surface area contributed by atoms with Crippen LogP contribution in [0.5, 0.6) is 0 Å². The van der Waals surface area contributed by atoms with E-state index in [0.29, 0.717) is 0 Å². The van der Waals surface area contributed by atoms with E-state index in [9.17, 15) is 12.8 Å². The van der Waals surface area contributed by atoms with Crippen molar-refractivity contribution in [3.8, 4) is 0 Å². The Hall–Kier alpha value is -1.80. The van der Waals surface area contributed by atoms with Gasteiger partial charge >= 0.3 is 0 Å². The first-order chi connectivity index (χ1) is 8.40. The number of nitrogens with zero attached hydrogens (tertiary/aromatic N) is 1. The van der Waals surface area contributed by atoms with Crippen molar-refractivity contribution < 1.29 is 12.8 Å². The molecule has 0 bridgehead atoms. The van der Waals surface area contributed by atoms with Crippen molar-refractivity contribution >= 4 is 33.1 Å². The van der Waals surface area contributed by atoms with Crippen molar-refractivity contribution in [2.45, 2.75) is 4.90 Å². The molecule has 0 saturated carbocycles. The highest BCUT2D eigenvalue weighted by Crippen LogP contribution is 2.24. The summed E-state index contributed by atoms with van der Waals surface area (Å²) in [6, 6.07) is 3.52. The number of aromatic amines is 1. The van der Waals surface area contributed by atoms with Crippen molar-refractivity contribution in [1.29, 1.82) is 0 Å². The first-order valence-corrected chi connectivity index (χ1v) is 6.53. The molecule has 9 heteroatoms. The predicted octanol–water partition coefficient (Wildman–Crippen LogP) is 1.59. The number of aromatic nitrogens is 2. The van der Waals surface area contributed by atoms with Crippen molar-refractivity contribution in [3.05, 3.63) is 35.2 Å². The van der Waals surface area contributed by atoms with Crippen LogP contribution in [0.25, 0.3) is 0 Å². The molecule has 2 aromatic rings. The Kier molecular flexibility index (Phi) is 3.14. The summed E-state index contributed by atoms with van der Waals surface area (Å²) < 4.78 is 39.2. The number of sulfonamides is 1. The Morgan fingerprint density at radius 2 is 2.17 bits per heavy atom. The van der Waals surface area contributed by atoms with Gasteiger partial charge in [0.05, 0.1) is 11.9 Å². The van der Waals surface area contributed by atoms with Gasteiger partial charge in [0.15, 0.2) is 0 Å². The molecular weight excluding hydrogens is 283 g/mol. The van der Waals surface area contributed by atoms with Crippen LogP contribution in [0.1, 0.15) is 0 Å². The number of halogens is 2. The van der Waals surface area contributed by atoms with Gasteiger partial charge in [-0.1, -0.05) is 11.6 Å². The number of nitrogens with one attached hydrogen (secondary N) is 2. The van der Waals surface area contributed by atoms with Crippen LogP contribution in [0.15, 0.2) is 29.3 Å². The van der Waals surface area contributed by atoms with Gasteiger partial charge in [-0.15, -0.1) is 0 Å². The molecule has 0 unspecified atom stereocenters. The highest BCUT2D eigenvalue weighted by molar-refractivity contribution is 7.92. The first-order valence-electron chi connectivity index (χ1n) is 4.67. The Bertz CT molecular complexity index is 686. The molecule has 4 N–H and O–H groups in total. The summed E-state index contributed by atoms with van der Waals surface area (Å²) in [5.74, 6) is -0.880. The second-order valence-corrected chi connectivity index (χ2v) is 5.46. The summed E-state index contributed by atoms with van der Waals surface area (Å²) in [5.41, 5.74) is 5.13. The third-order valence-electron chi connectivity index (χ3n) is 2.09. The predicted molar refractivity (Wildman–Crippen MR) is 65.2 cm³/mol. The summed E-state index contributed by atoms with van der Waals surface area (Å²) >= 11 is 5.66. The standard InChI is InChI=1S/C9H8ClFN4O2S/c10-5-1-2-6(11)7(3-5)15-18(16,17)8-4-13-14-9(8)12/h1-4,15H,(H3,12,13,14). The van der Waals surface area contributed by atoms with Gasteiger partial charge in [0.1, 0.15) is 16.5 Å². The number of nitrogen functional groups attached to an aromatic ring is 1. The summed E-state index contributed by atoms with van der Waals surface area (Å²) in [6.07, 6.45) is 1.03. The highest BCUT2D eigenvalue weighted by Gasteiger charge is 2.20. The molecule has 0 amide bonds. The number of anilines is 2. The van der Waals surface area contributed by atoms with E-state index in [4.69, 9.17) is 17.3 Å². The average molecular weight is 291 g/mol. The molecule has 1 aromatic heterocycles. The normalized spacial score (nSPS) is 11.4. The fourth-order valence-corrected chi connectivity index (χ4v) is 2.53. The number of nitrogens with two attached hydrogens (primary N) is 1. The highest BCUT2D eigenvalue weighted by atomic mass is 35.5. The van der Waals surface area contributed by atoms with E-state index in [-0.39, 0.29) is 21.4 Å². The van der Waals surface area contributed by atoms with Crippen molar-refractivity contribution in [2.75, 3.05) is 10.5 Å². The van der Waals surface area contributed by atoms with E-state index in [1.54, 1.807) is 0 Å². The number of rotatable bonds is 3. The van der Waals surface area contributed by atoms with Crippen LogP contribution in [0.2, 0.25) is 5.02 Å². The van der Waals surface area contributed by atoms with Crippen molar-refractivity contribution in [1.82, 2.24) is 10.2 Å². The van der Waals surface area contributed by atoms with Crippen LogP contribution in [0.4, 0.5) is 15.9 Å². The van der Waals surface area contributed by atoms with Gasteiger partial charge in [-0.3, -0.25) is 9.82 Å². The lowest BCUT2D eigenvalue weighted by molar-refractivity contribution is 0.599. The molecule has 2 rings (SSSR count). The number of H-pyrrole nitrogens is 1. The maximum atomic E-state index is 13.4. The van der Waals surface area contributed by atoms with Crippen LogP contribution in [0, 0.1) is 5.82 Å². The summed E-state index contributed by atoms with van der Waals surface area (Å²) in [5, 5.41) is 5.96. The topological polar surface area (TPSA) is 101 Å². The van der Waals surface area contributed by atoms with Gasteiger partial charge in [0, 0.05) is 5.02 Å². The lowest BCUT2D eigenvalue weighted by Gasteiger charge is -2.08. The molecule has 0 aliphatic rings. The Morgan fingerprint density at radius 3 is 2.78 bits per heavy atom. The molecule has 0 saturated heterocycles. The molecule has 0 aliphatic heterocycles. The van der Waals surface area contributed by atoms with E-state index >= 15 is 0 Å². The Balaban J connectivity index is 2.40. The first kappa shape index (κ1) is 12.7. The molecule has 6 nitrogen and oxygen atoms in total. The zero-order valence-corrected chi connectivity index (χ0v) is 10.4. The second kappa shape index (κ2) is 4.46. The minimum Gasteiger partial charge on any atom is -0.383 e. The van der Waals surface area contributed by atoms with E-state index in [0.717, 1.165) is 18.3 Å². The van der Waals surface area contributed by atoms with Crippen molar-refractivity contribution in [2.24, 2.45) is 0 Å². The smallest absolute Gasteiger partial charge is 0.267 e.